The van der Waals surface area contributed by atoms with Gasteiger partial charge in [0.05, 0.1) is 11.4 Å². The molecular weight excluding hydrogens is 216 g/mol. The second kappa shape index (κ2) is 3.76. The summed E-state index contributed by atoms with van der Waals surface area (Å²) < 4.78 is 0. The Morgan fingerprint density at radius 3 is 2.69 bits per heavy atom. The molecule has 2 aromatic carbocycles. The number of hydrogen-bond acceptors (Lipinski definition) is 3. The molecule has 0 radical (unpaired) electrons. The molecule has 0 bridgehead atoms. The molecule has 80 valence electrons. The Hall–Kier alpha value is -1.61. The maximum Gasteiger partial charge on any atom is 0.0547 e. The fourth-order valence-electron chi connectivity index (χ4n) is 1.79. The van der Waals surface area contributed by atoms with Gasteiger partial charge in [-0.25, -0.2) is 0 Å². The number of fused-ring (bicyclic) bond motifs is 2. The summed E-state index contributed by atoms with van der Waals surface area (Å²) in [5, 5.41) is 6.61. The van der Waals surface area contributed by atoms with E-state index >= 15 is 0 Å². The summed E-state index contributed by atoms with van der Waals surface area (Å²) in [4.78, 5) is 2.56. The van der Waals surface area contributed by atoms with Crippen molar-refractivity contribution in [1.29, 1.82) is 0 Å². The predicted molar refractivity (Wildman–Crippen MR) is 69.8 cm³/mol. The normalized spacial score (nSPS) is 12.3. The highest BCUT2D eigenvalue weighted by Crippen LogP contribution is 2.44. The summed E-state index contributed by atoms with van der Waals surface area (Å²) in [5.74, 6) is 0. The molecule has 0 spiro atoms. The Labute approximate surface area is 99.1 Å². The molecule has 0 unspecified atom stereocenters. The van der Waals surface area contributed by atoms with Gasteiger partial charge in [0, 0.05) is 22.5 Å². The summed E-state index contributed by atoms with van der Waals surface area (Å²) in [6.07, 6.45) is 0. The van der Waals surface area contributed by atoms with Gasteiger partial charge in [-0.2, -0.15) is 0 Å². The number of para-hydroxylation sites is 1. The van der Waals surface area contributed by atoms with E-state index in [-0.39, 0.29) is 0 Å². The Morgan fingerprint density at radius 2 is 1.81 bits per heavy atom. The standard InChI is InChI=1S/C13H12N2S/c1-14-9-6-7-13-11(8-9)15-10-4-2-3-5-12(10)16-13/h2-8,14-15H,1H3. The molecule has 2 aromatic rings. The summed E-state index contributed by atoms with van der Waals surface area (Å²) in [6.45, 7) is 0. The second-order valence-electron chi connectivity index (χ2n) is 3.68. The number of nitrogens with one attached hydrogen (secondary N) is 2. The van der Waals surface area contributed by atoms with Gasteiger partial charge in [0.15, 0.2) is 0 Å². The molecule has 1 aliphatic rings. The van der Waals surface area contributed by atoms with E-state index in [0.717, 1.165) is 5.69 Å². The first-order valence-corrected chi connectivity index (χ1v) is 6.04. The Kier molecular flexibility index (Phi) is 2.26. The largest absolute Gasteiger partial charge is 0.388 e. The van der Waals surface area contributed by atoms with Crippen molar-refractivity contribution in [2.75, 3.05) is 17.7 Å². The molecule has 16 heavy (non-hydrogen) atoms. The summed E-state index contributed by atoms with van der Waals surface area (Å²) in [7, 11) is 1.94. The van der Waals surface area contributed by atoms with Crippen LogP contribution in [0.1, 0.15) is 0 Å². The Bertz CT molecular complexity index is 537. The smallest absolute Gasteiger partial charge is 0.0547 e. The lowest BCUT2D eigenvalue weighted by Crippen LogP contribution is -2.00. The Balaban J connectivity index is 2.05. The van der Waals surface area contributed by atoms with Crippen LogP contribution in [0.3, 0.4) is 0 Å². The lowest BCUT2D eigenvalue weighted by Gasteiger charge is -2.21. The number of rotatable bonds is 1. The minimum absolute atomic E-state index is 1.13. The van der Waals surface area contributed by atoms with Gasteiger partial charge < -0.3 is 10.6 Å². The molecule has 0 fully saturated rings. The molecule has 1 heterocycles. The van der Waals surface area contributed by atoms with Crippen molar-refractivity contribution in [3.63, 3.8) is 0 Å². The first kappa shape index (κ1) is 9.60. The van der Waals surface area contributed by atoms with Gasteiger partial charge in [-0.15, -0.1) is 0 Å². The van der Waals surface area contributed by atoms with Crippen LogP contribution in [0, 0.1) is 0 Å². The van der Waals surface area contributed by atoms with Crippen molar-refractivity contribution in [1.82, 2.24) is 0 Å². The zero-order chi connectivity index (χ0) is 11.0. The summed E-state index contributed by atoms with van der Waals surface area (Å²) >= 11 is 1.81. The van der Waals surface area contributed by atoms with Crippen molar-refractivity contribution < 1.29 is 0 Å². The van der Waals surface area contributed by atoms with Crippen LogP contribution in [-0.2, 0) is 0 Å². The Morgan fingerprint density at radius 1 is 1.00 bits per heavy atom. The first-order valence-electron chi connectivity index (χ1n) is 5.22. The monoisotopic (exact) mass is 228 g/mol. The van der Waals surface area contributed by atoms with Gasteiger partial charge in [0.1, 0.15) is 0 Å². The summed E-state index contributed by atoms with van der Waals surface area (Å²) in [6, 6.07) is 14.8. The van der Waals surface area contributed by atoms with Crippen molar-refractivity contribution in [3.8, 4) is 0 Å². The van der Waals surface area contributed by atoms with Gasteiger partial charge in [0.25, 0.3) is 0 Å². The van der Waals surface area contributed by atoms with E-state index in [1.54, 1.807) is 0 Å². The predicted octanol–water partition coefficient (Wildman–Crippen LogP) is 3.94. The van der Waals surface area contributed by atoms with Crippen LogP contribution >= 0.6 is 11.8 Å². The highest BCUT2D eigenvalue weighted by atomic mass is 32.2. The zero-order valence-electron chi connectivity index (χ0n) is 8.95. The lowest BCUT2D eigenvalue weighted by molar-refractivity contribution is 1.31. The highest BCUT2D eigenvalue weighted by molar-refractivity contribution is 7.99. The first-order chi connectivity index (χ1) is 7.86. The fraction of sp³-hybridized carbons (Fsp3) is 0.0769. The fourth-order valence-corrected chi connectivity index (χ4v) is 2.76. The van der Waals surface area contributed by atoms with Crippen LogP contribution in [0.2, 0.25) is 0 Å². The average molecular weight is 228 g/mol. The SMILES string of the molecule is CNc1ccc2c(c1)Nc1ccccc1S2. The van der Waals surface area contributed by atoms with Crippen molar-refractivity contribution in [2.45, 2.75) is 9.79 Å². The molecule has 0 saturated heterocycles. The lowest BCUT2D eigenvalue weighted by atomic mass is 10.2. The third kappa shape index (κ3) is 1.53. The minimum atomic E-state index is 1.13. The maximum absolute atomic E-state index is 3.45. The van der Waals surface area contributed by atoms with Gasteiger partial charge in [0.2, 0.25) is 0 Å². The van der Waals surface area contributed by atoms with Gasteiger partial charge >= 0.3 is 0 Å². The second-order valence-corrected chi connectivity index (χ2v) is 4.77. The van der Waals surface area contributed by atoms with Crippen LogP contribution in [0.15, 0.2) is 52.3 Å². The van der Waals surface area contributed by atoms with Crippen LogP contribution in [-0.4, -0.2) is 7.05 Å². The molecule has 0 aliphatic carbocycles. The van der Waals surface area contributed by atoms with Crippen molar-refractivity contribution in [3.05, 3.63) is 42.5 Å². The third-order valence-electron chi connectivity index (χ3n) is 2.64. The van der Waals surface area contributed by atoms with Crippen LogP contribution in [0.25, 0.3) is 0 Å². The molecule has 0 atom stereocenters. The third-order valence-corrected chi connectivity index (χ3v) is 3.80. The van der Waals surface area contributed by atoms with Crippen molar-refractivity contribution >= 4 is 28.8 Å². The van der Waals surface area contributed by atoms with E-state index in [2.05, 4.69) is 53.1 Å². The van der Waals surface area contributed by atoms with E-state index in [1.165, 1.54) is 21.2 Å². The molecule has 0 amide bonds. The van der Waals surface area contributed by atoms with E-state index in [9.17, 15) is 0 Å². The highest BCUT2D eigenvalue weighted by Gasteiger charge is 2.14. The van der Waals surface area contributed by atoms with Gasteiger partial charge in [-0.05, 0) is 30.3 Å². The van der Waals surface area contributed by atoms with E-state index < -0.39 is 0 Å². The maximum atomic E-state index is 3.45. The van der Waals surface area contributed by atoms with E-state index in [0.29, 0.717) is 0 Å². The summed E-state index contributed by atoms with van der Waals surface area (Å²) in [5.41, 5.74) is 3.50. The minimum Gasteiger partial charge on any atom is -0.388 e. The van der Waals surface area contributed by atoms with Crippen LogP contribution in [0.4, 0.5) is 17.1 Å². The van der Waals surface area contributed by atoms with Crippen LogP contribution in [0.5, 0.6) is 0 Å². The molecule has 1 aliphatic heterocycles. The number of benzene rings is 2. The molecule has 3 heteroatoms. The molecule has 2 N–H and O–H groups in total. The van der Waals surface area contributed by atoms with Gasteiger partial charge in [-0.1, -0.05) is 23.9 Å². The molecule has 2 nitrogen and oxygen atoms in total. The molecule has 3 rings (SSSR count). The van der Waals surface area contributed by atoms with Gasteiger partial charge in [-0.3, -0.25) is 0 Å². The van der Waals surface area contributed by atoms with Crippen molar-refractivity contribution in [2.24, 2.45) is 0 Å². The molecule has 0 aromatic heterocycles. The molecular formula is C13H12N2S. The molecule has 0 saturated carbocycles. The van der Waals surface area contributed by atoms with Crippen LogP contribution < -0.4 is 10.6 Å². The number of anilines is 3. The zero-order valence-corrected chi connectivity index (χ0v) is 9.77. The average Bonchev–Trinajstić information content (AvgIpc) is 2.35. The van der Waals surface area contributed by atoms with E-state index in [4.69, 9.17) is 0 Å². The van der Waals surface area contributed by atoms with E-state index in [1.807, 2.05) is 18.8 Å². The quantitative estimate of drug-likeness (QED) is 0.659. The topological polar surface area (TPSA) is 24.1 Å². The number of hydrogen-bond donors (Lipinski definition) is 2.